The van der Waals surface area contributed by atoms with Crippen molar-refractivity contribution in [2.24, 2.45) is 0 Å². The number of benzene rings is 1. The molecule has 1 fully saturated rings. The van der Waals surface area contributed by atoms with Gasteiger partial charge in [0.1, 0.15) is 18.5 Å². The summed E-state index contributed by atoms with van der Waals surface area (Å²) >= 11 is 0. The molecule has 0 unspecified atom stereocenters. The lowest BCUT2D eigenvalue weighted by atomic mass is 10.2. The number of hydrogen-bond acceptors (Lipinski definition) is 6. The predicted octanol–water partition coefficient (Wildman–Crippen LogP) is 2.32. The van der Waals surface area contributed by atoms with E-state index in [9.17, 15) is 0 Å². The number of hydrogen-bond donors (Lipinski definition) is 0. The van der Waals surface area contributed by atoms with Crippen LogP contribution >= 0.6 is 0 Å². The molecular weight excluding hydrogens is 282 g/mol. The number of aromatic nitrogens is 2. The molecule has 6 heteroatoms. The fourth-order valence-corrected chi connectivity index (χ4v) is 2.95. The maximum atomic E-state index is 5.78. The quantitative estimate of drug-likeness (QED) is 0.867. The molecule has 0 saturated carbocycles. The largest absolute Gasteiger partial charge is 0.492 e. The van der Waals surface area contributed by atoms with Gasteiger partial charge in [0.25, 0.3) is 5.89 Å². The van der Waals surface area contributed by atoms with Crippen LogP contribution in [0.1, 0.15) is 36.2 Å². The van der Waals surface area contributed by atoms with Gasteiger partial charge in [0.2, 0.25) is 0 Å². The van der Waals surface area contributed by atoms with E-state index in [0.29, 0.717) is 24.9 Å². The second kappa shape index (κ2) is 6.06. The number of para-hydroxylation sites is 1. The van der Waals surface area contributed by atoms with E-state index in [2.05, 4.69) is 21.1 Å². The van der Waals surface area contributed by atoms with Crippen LogP contribution in [0.15, 0.2) is 28.8 Å². The molecule has 6 nitrogen and oxygen atoms in total. The van der Waals surface area contributed by atoms with Crippen LogP contribution in [0.5, 0.6) is 5.75 Å². The normalized spacial score (nSPS) is 22.1. The van der Waals surface area contributed by atoms with Gasteiger partial charge in [0, 0.05) is 25.3 Å². The molecule has 0 amide bonds. The maximum Gasteiger partial charge on any atom is 0.255 e. The summed E-state index contributed by atoms with van der Waals surface area (Å²) in [6.45, 7) is 3.79. The second-order valence-electron chi connectivity index (χ2n) is 5.72. The highest BCUT2D eigenvalue weighted by atomic mass is 16.5. The molecule has 22 heavy (non-hydrogen) atoms. The topological polar surface area (TPSA) is 60.6 Å². The minimum absolute atomic E-state index is 0.0190. The van der Waals surface area contributed by atoms with Crippen LogP contribution in [0.3, 0.4) is 0 Å². The maximum absolute atomic E-state index is 5.78. The molecule has 0 bridgehead atoms. The first-order valence-corrected chi connectivity index (χ1v) is 7.75. The van der Waals surface area contributed by atoms with E-state index in [0.717, 1.165) is 38.3 Å². The highest BCUT2D eigenvalue weighted by Gasteiger charge is 2.24. The van der Waals surface area contributed by atoms with Crippen molar-refractivity contribution >= 4 is 0 Å². The standard InChI is InChI=1S/C16H19N3O3/c1-2-5-13-12(4-1)10-19(7-9-21-13)11-15-17-16(22-18-15)14-6-3-8-20-14/h1-2,4-5,14H,3,6-11H2/t14-/m1/s1. The summed E-state index contributed by atoms with van der Waals surface area (Å²) in [5.41, 5.74) is 1.20. The van der Waals surface area contributed by atoms with Crippen LogP contribution in [0.4, 0.5) is 0 Å². The van der Waals surface area contributed by atoms with Gasteiger partial charge < -0.3 is 14.0 Å². The van der Waals surface area contributed by atoms with E-state index in [1.54, 1.807) is 0 Å². The van der Waals surface area contributed by atoms with Crippen LogP contribution < -0.4 is 4.74 Å². The van der Waals surface area contributed by atoms with Crippen molar-refractivity contribution < 1.29 is 14.0 Å². The van der Waals surface area contributed by atoms with E-state index in [4.69, 9.17) is 14.0 Å². The lowest BCUT2D eigenvalue weighted by molar-refractivity contribution is 0.0835. The lowest BCUT2D eigenvalue weighted by Gasteiger charge is -2.16. The Balaban J connectivity index is 1.45. The third-order valence-corrected chi connectivity index (χ3v) is 4.09. The average molecular weight is 301 g/mol. The van der Waals surface area contributed by atoms with Crippen molar-refractivity contribution in [3.8, 4) is 5.75 Å². The molecule has 0 aliphatic carbocycles. The van der Waals surface area contributed by atoms with Gasteiger partial charge in [-0.1, -0.05) is 23.4 Å². The molecule has 116 valence electrons. The third-order valence-electron chi connectivity index (χ3n) is 4.09. The van der Waals surface area contributed by atoms with Gasteiger partial charge in [-0.3, -0.25) is 4.90 Å². The van der Waals surface area contributed by atoms with Crippen LogP contribution in [0.2, 0.25) is 0 Å². The summed E-state index contributed by atoms with van der Waals surface area (Å²) in [5, 5.41) is 4.09. The molecule has 2 aliphatic rings. The fourth-order valence-electron chi connectivity index (χ4n) is 2.95. The van der Waals surface area contributed by atoms with Crippen molar-refractivity contribution in [2.45, 2.75) is 32.0 Å². The van der Waals surface area contributed by atoms with Gasteiger partial charge in [0.15, 0.2) is 5.82 Å². The Labute approximate surface area is 129 Å². The molecular formula is C16H19N3O3. The van der Waals surface area contributed by atoms with Gasteiger partial charge in [-0.25, -0.2) is 0 Å². The Morgan fingerprint density at radius 2 is 2.18 bits per heavy atom. The fraction of sp³-hybridized carbons (Fsp3) is 0.500. The third kappa shape index (κ3) is 2.84. The summed E-state index contributed by atoms with van der Waals surface area (Å²) < 4.78 is 16.7. The predicted molar refractivity (Wildman–Crippen MR) is 78.3 cm³/mol. The van der Waals surface area contributed by atoms with Crippen molar-refractivity contribution in [3.05, 3.63) is 41.5 Å². The van der Waals surface area contributed by atoms with Crippen LogP contribution in [0.25, 0.3) is 0 Å². The number of nitrogens with zero attached hydrogens (tertiary/aromatic N) is 3. The lowest BCUT2D eigenvalue weighted by Crippen LogP contribution is -2.25. The molecule has 1 atom stereocenters. The van der Waals surface area contributed by atoms with Crippen molar-refractivity contribution in [1.29, 1.82) is 0 Å². The van der Waals surface area contributed by atoms with Crippen LogP contribution in [0, 0.1) is 0 Å². The molecule has 1 aromatic carbocycles. The number of ether oxygens (including phenoxy) is 2. The van der Waals surface area contributed by atoms with Crippen LogP contribution in [-0.2, 0) is 17.8 Å². The van der Waals surface area contributed by atoms with Crippen molar-refractivity contribution in [1.82, 2.24) is 15.0 Å². The van der Waals surface area contributed by atoms with Crippen molar-refractivity contribution in [3.63, 3.8) is 0 Å². The Hall–Kier alpha value is -1.92. The molecule has 0 spiro atoms. The first kappa shape index (κ1) is 13.7. The number of rotatable bonds is 3. The van der Waals surface area contributed by atoms with E-state index in [-0.39, 0.29) is 6.10 Å². The summed E-state index contributed by atoms with van der Waals surface area (Å²) in [5.74, 6) is 2.29. The summed E-state index contributed by atoms with van der Waals surface area (Å²) in [7, 11) is 0. The monoisotopic (exact) mass is 301 g/mol. The first-order valence-electron chi connectivity index (χ1n) is 7.75. The van der Waals surface area contributed by atoms with Gasteiger partial charge in [0.05, 0.1) is 6.54 Å². The molecule has 1 aromatic heterocycles. The molecule has 1 saturated heterocycles. The Morgan fingerprint density at radius 3 is 3.09 bits per heavy atom. The number of fused-ring (bicyclic) bond motifs is 1. The van der Waals surface area contributed by atoms with Gasteiger partial charge >= 0.3 is 0 Å². The van der Waals surface area contributed by atoms with Crippen LogP contribution in [-0.4, -0.2) is 34.8 Å². The Bertz CT molecular complexity index is 637. The molecule has 4 rings (SSSR count). The highest BCUT2D eigenvalue weighted by Crippen LogP contribution is 2.27. The molecule has 0 N–H and O–H groups in total. The van der Waals surface area contributed by atoms with Gasteiger partial charge in [-0.15, -0.1) is 0 Å². The summed E-state index contributed by atoms with van der Waals surface area (Å²) in [6.07, 6.45) is 2.00. The van der Waals surface area contributed by atoms with E-state index in [1.165, 1.54) is 5.56 Å². The van der Waals surface area contributed by atoms with E-state index in [1.807, 2.05) is 18.2 Å². The molecule has 2 aromatic rings. The Morgan fingerprint density at radius 1 is 1.23 bits per heavy atom. The summed E-state index contributed by atoms with van der Waals surface area (Å²) in [4.78, 5) is 6.76. The van der Waals surface area contributed by atoms with E-state index < -0.39 is 0 Å². The zero-order valence-corrected chi connectivity index (χ0v) is 12.4. The highest BCUT2D eigenvalue weighted by molar-refractivity contribution is 5.33. The van der Waals surface area contributed by atoms with Gasteiger partial charge in [-0.2, -0.15) is 4.98 Å². The molecule has 3 heterocycles. The zero-order valence-electron chi connectivity index (χ0n) is 12.4. The minimum atomic E-state index is -0.0190. The Kier molecular flexibility index (Phi) is 3.78. The van der Waals surface area contributed by atoms with Gasteiger partial charge in [-0.05, 0) is 18.9 Å². The average Bonchev–Trinajstić information content (AvgIpc) is 3.16. The summed E-state index contributed by atoms with van der Waals surface area (Å²) in [6, 6.07) is 8.15. The molecule has 0 radical (unpaired) electrons. The van der Waals surface area contributed by atoms with Crippen molar-refractivity contribution in [2.75, 3.05) is 19.8 Å². The minimum Gasteiger partial charge on any atom is -0.492 e. The zero-order chi connectivity index (χ0) is 14.8. The molecule has 2 aliphatic heterocycles. The van der Waals surface area contributed by atoms with E-state index >= 15 is 0 Å². The SMILES string of the molecule is c1ccc2c(c1)CN(Cc1noc([C@H]3CCCO3)n1)CCO2. The second-order valence-corrected chi connectivity index (χ2v) is 5.72. The smallest absolute Gasteiger partial charge is 0.255 e. The first-order chi connectivity index (χ1) is 10.9.